The fraction of sp³-hybridized carbons (Fsp3) is 0.324. The van der Waals surface area contributed by atoms with Gasteiger partial charge in [0.1, 0.15) is 0 Å². The van der Waals surface area contributed by atoms with Gasteiger partial charge in [-0.1, -0.05) is 61.5 Å². The first-order chi connectivity index (χ1) is 20.3. The van der Waals surface area contributed by atoms with Crippen LogP contribution in [0.1, 0.15) is 42.9 Å². The maximum absolute atomic E-state index is 14.0. The summed E-state index contributed by atoms with van der Waals surface area (Å²) in [5, 5.41) is 22.1. The summed E-state index contributed by atoms with van der Waals surface area (Å²) >= 11 is 0. The van der Waals surface area contributed by atoms with Crippen molar-refractivity contribution in [3.05, 3.63) is 102 Å². The van der Waals surface area contributed by atoms with Crippen molar-refractivity contribution in [3.63, 3.8) is 0 Å². The maximum Gasteiger partial charge on any atom is 0.268 e. The summed E-state index contributed by atoms with van der Waals surface area (Å²) in [7, 11) is 0. The molecule has 42 heavy (non-hydrogen) atoms. The van der Waals surface area contributed by atoms with E-state index in [1.165, 1.54) is 4.90 Å². The minimum absolute atomic E-state index is 0.0238. The molecule has 3 heterocycles. The summed E-state index contributed by atoms with van der Waals surface area (Å²) in [6.45, 7) is 2.67. The van der Waals surface area contributed by atoms with Gasteiger partial charge in [-0.15, -0.1) is 0 Å². The molecule has 3 atom stereocenters. The van der Waals surface area contributed by atoms with Crippen LogP contribution in [0.15, 0.2) is 84.9 Å². The number of para-hydroxylation sites is 1. The molecule has 0 unspecified atom stereocenters. The van der Waals surface area contributed by atoms with Gasteiger partial charge in [0.15, 0.2) is 5.60 Å². The molecule has 0 bridgehead atoms. The molecule has 8 nitrogen and oxygen atoms in total. The third-order valence-corrected chi connectivity index (χ3v) is 8.82. The van der Waals surface area contributed by atoms with Crippen molar-refractivity contribution in [1.29, 1.82) is 0 Å². The van der Waals surface area contributed by atoms with Crippen LogP contribution in [0.5, 0.6) is 0 Å². The van der Waals surface area contributed by atoms with Gasteiger partial charge in [0.25, 0.3) is 5.91 Å². The van der Waals surface area contributed by atoms with Crippen molar-refractivity contribution in [3.8, 4) is 0 Å². The average molecular weight is 566 g/mol. The quantitative estimate of drug-likeness (QED) is 0.418. The van der Waals surface area contributed by atoms with Crippen LogP contribution < -0.4 is 9.80 Å². The number of carbonyl (C=O) groups is 3. The van der Waals surface area contributed by atoms with E-state index in [4.69, 9.17) is 0 Å². The molecule has 3 aromatic carbocycles. The summed E-state index contributed by atoms with van der Waals surface area (Å²) in [4.78, 5) is 44.7. The first kappa shape index (κ1) is 27.9. The molecule has 3 amide bonds. The molecule has 6 rings (SSSR count). The fourth-order valence-electron chi connectivity index (χ4n) is 6.45. The van der Waals surface area contributed by atoms with Gasteiger partial charge in [-0.25, -0.2) is 0 Å². The van der Waals surface area contributed by atoms with E-state index in [1.807, 2.05) is 60.7 Å². The number of aliphatic hydroxyl groups is 2. The molecule has 3 aliphatic rings. The zero-order chi connectivity index (χ0) is 29.4. The number of amides is 3. The smallest absolute Gasteiger partial charge is 0.268 e. The molecule has 1 fully saturated rings. The van der Waals surface area contributed by atoms with Crippen molar-refractivity contribution >= 4 is 34.8 Å². The van der Waals surface area contributed by atoms with Gasteiger partial charge in [-0.2, -0.15) is 0 Å². The Morgan fingerprint density at radius 1 is 1.02 bits per heavy atom. The molecule has 3 aliphatic heterocycles. The molecular weight excluding hydrogens is 530 g/mol. The number of hydrogen-bond donors (Lipinski definition) is 2. The van der Waals surface area contributed by atoms with Crippen LogP contribution in [0, 0.1) is 5.92 Å². The van der Waals surface area contributed by atoms with Gasteiger partial charge < -0.3 is 20.0 Å². The molecular formula is C34H35N3O5. The molecule has 0 aromatic heterocycles. The van der Waals surface area contributed by atoms with Crippen LogP contribution >= 0.6 is 0 Å². The zero-order valence-corrected chi connectivity index (χ0v) is 23.6. The van der Waals surface area contributed by atoms with E-state index in [0.717, 1.165) is 17.5 Å². The van der Waals surface area contributed by atoms with Crippen molar-refractivity contribution in [2.45, 2.75) is 50.8 Å². The lowest BCUT2D eigenvalue weighted by molar-refractivity contribution is -0.138. The third kappa shape index (κ3) is 4.70. The van der Waals surface area contributed by atoms with Gasteiger partial charge in [-0.05, 0) is 54.3 Å². The van der Waals surface area contributed by atoms with Crippen LogP contribution in [-0.2, 0) is 33.0 Å². The van der Waals surface area contributed by atoms with E-state index in [-0.39, 0.29) is 30.9 Å². The molecule has 1 saturated heterocycles. The lowest BCUT2D eigenvalue weighted by atomic mass is 9.82. The van der Waals surface area contributed by atoms with E-state index in [2.05, 4.69) is 0 Å². The van der Waals surface area contributed by atoms with E-state index < -0.39 is 17.4 Å². The number of carbonyl (C=O) groups excluding carboxylic acids is 3. The molecule has 0 spiro atoms. The van der Waals surface area contributed by atoms with Crippen LogP contribution in [0.25, 0.3) is 0 Å². The highest BCUT2D eigenvalue weighted by molar-refractivity contribution is 6.12. The van der Waals surface area contributed by atoms with Crippen LogP contribution in [-0.4, -0.2) is 52.0 Å². The molecule has 3 aromatic rings. The fourth-order valence-corrected chi connectivity index (χ4v) is 6.45. The Hall–Kier alpha value is -4.27. The van der Waals surface area contributed by atoms with Gasteiger partial charge in [-0.3, -0.25) is 19.3 Å². The topological polar surface area (TPSA) is 101 Å². The monoisotopic (exact) mass is 565 g/mol. The summed E-state index contributed by atoms with van der Waals surface area (Å²) in [6.07, 6.45) is 5.33. The van der Waals surface area contributed by atoms with Crippen LogP contribution in [0.4, 0.5) is 17.1 Å². The second-order valence-corrected chi connectivity index (χ2v) is 11.3. The Bertz CT molecular complexity index is 1550. The Morgan fingerprint density at radius 2 is 1.76 bits per heavy atom. The van der Waals surface area contributed by atoms with Crippen LogP contribution in [0.3, 0.4) is 0 Å². The van der Waals surface area contributed by atoms with Gasteiger partial charge in [0.05, 0.1) is 18.3 Å². The van der Waals surface area contributed by atoms with Gasteiger partial charge >= 0.3 is 0 Å². The minimum Gasteiger partial charge on any atom is -0.394 e. The SMILES string of the molecule is C[C@@H](/C=C/CC(=O)N1Cc2ccccc2C[C@H]1CO)[C@]1(O)C(=O)N(c2ccccc2)c2ccc(N3CCCC3=O)cc21. The molecule has 2 N–H and O–H groups in total. The summed E-state index contributed by atoms with van der Waals surface area (Å²) in [5.41, 5.74) is 2.61. The standard InChI is InChI=1S/C34H35N3O5/c1-23(9-7-14-32(40)36-21-25-11-6-5-10-24(25)19-28(36)22-38)34(42)29-20-27(35-18-8-15-31(35)39)16-17-30(29)37(33(34)41)26-12-3-2-4-13-26/h2-7,9-13,16-17,20,23,28,38,42H,8,14-15,18-19,21-22H2,1H3/b9-7+/t23-,28-,34+/m0/s1. The Labute approximate surface area is 245 Å². The van der Waals surface area contributed by atoms with E-state index in [0.29, 0.717) is 48.6 Å². The van der Waals surface area contributed by atoms with Crippen molar-refractivity contribution in [2.24, 2.45) is 5.92 Å². The number of nitrogens with zero attached hydrogens (tertiary/aromatic N) is 3. The third-order valence-electron chi connectivity index (χ3n) is 8.82. The number of anilines is 3. The average Bonchev–Trinajstić information content (AvgIpc) is 3.54. The maximum atomic E-state index is 14.0. The Balaban J connectivity index is 1.27. The number of hydrogen-bond acceptors (Lipinski definition) is 5. The van der Waals surface area contributed by atoms with Crippen molar-refractivity contribution in [1.82, 2.24) is 4.90 Å². The molecule has 8 heteroatoms. The van der Waals surface area contributed by atoms with Crippen LogP contribution in [0.2, 0.25) is 0 Å². The first-order valence-corrected chi connectivity index (χ1v) is 14.5. The number of benzene rings is 3. The largest absolute Gasteiger partial charge is 0.394 e. The number of aliphatic hydroxyl groups excluding tert-OH is 1. The first-order valence-electron chi connectivity index (χ1n) is 14.5. The minimum atomic E-state index is -1.90. The molecule has 0 radical (unpaired) electrons. The highest BCUT2D eigenvalue weighted by atomic mass is 16.3. The summed E-state index contributed by atoms with van der Waals surface area (Å²) in [5.74, 6) is -1.26. The second-order valence-electron chi connectivity index (χ2n) is 11.3. The normalized spacial score (nSPS) is 22.5. The molecule has 0 aliphatic carbocycles. The van der Waals surface area contributed by atoms with Crippen molar-refractivity contribution in [2.75, 3.05) is 23.0 Å². The van der Waals surface area contributed by atoms with Crippen molar-refractivity contribution < 1.29 is 24.6 Å². The van der Waals surface area contributed by atoms with Gasteiger partial charge in [0, 0.05) is 48.8 Å². The number of fused-ring (bicyclic) bond motifs is 2. The van der Waals surface area contributed by atoms with E-state index in [1.54, 1.807) is 41.0 Å². The molecule has 216 valence electrons. The lowest BCUT2D eigenvalue weighted by Crippen LogP contribution is -2.46. The lowest BCUT2D eigenvalue weighted by Gasteiger charge is -2.36. The predicted octanol–water partition coefficient (Wildman–Crippen LogP) is 4.21. The Kier molecular flexibility index (Phi) is 7.43. The molecule has 0 saturated carbocycles. The highest BCUT2D eigenvalue weighted by Crippen LogP contribution is 2.49. The number of rotatable bonds is 7. The van der Waals surface area contributed by atoms with E-state index in [9.17, 15) is 24.6 Å². The highest BCUT2D eigenvalue weighted by Gasteiger charge is 2.53. The second kappa shape index (κ2) is 11.2. The van der Waals surface area contributed by atoms with E-state index >= 15 is 0 Å². The summed E-state index contributed by atoms with van der Waals surface area (Å²) < 4.78 is 0. The predicted molar refractivity (Wildman–Crippen MR) is 160 cm³/mol. The summed E-state index contributed by atoms with van der Waals surface area (Å²) in [6, 6.07) is 22.2. The zero-order valence-electron chi connectivity index (χ0n) is 23.6. The Morgan fingerprint density at radius 3 is 2.48 bits per heavy atom. The van der Waals surface area contributed by atoms with Gasteiger partial charge in [0.2, 0.25) is 11.8 Å².